The van der Waals surface area contributed by atoms with Gasteiger partial charge in [0.15, 0.2) is 0 Å². The molecule has 1 aromatic heterocycles. The Hall–Kier alpha value is -1.13. The quantitative estimate of drug-likeness (QED) is 0.783. The molecule has 0 fully saturated rings. The predicted octanol–water partition coefficient (Wildman–Crippen LogP) is 2.70. The number of carbonyl (C=O) groups excluding carboxylic acids is 1. The minimum absolute atomic E-state index is 0.121. The molecule has 0 bridgehead atoms. The minimum Gasteiger partial charge on any atom is -0.384 e. The smallest absolute Gasteiger partial charge is 0.251 e. The third kappa shape index (κ3) is 5.57. The standard InChI is InChI=1S/C14H21ClN2O2/c1-4-5-12-6-11(7-13(15)17-12)14(18)16-8-10(2)9-19-3/h6-7,10H,4-5,8-9H2,1-3H3,(H,16,18). The van der Waals surface area contributed by atoms with Crippen molar-refractivity contribution in [2.45, 2.75) is 26.7 Å². The lowest BCUT2D eigenvalue weighted by atomic mass is 10.1. The molecule has 19 heavy (non-hydrogen) atoms. The molecule has 0 saturated carbocycles. The maximum atomic E-state index is 12.0. The Morgan fingerprint density at radius 1 is 1.53 bits per heavy atom. The lowest BCUT2D eigenvalue weighted by molar-refractivity contribution is 0.0934. The van der Waals surface area contributed by atoms with Crippen LogP contribution in [0.15, 0.2) is 12.1 Å². The first-order chi connectivity index (χ1) is 9.06. The number of nitrogens with one attached hydrogen (secondary N) is 1. The zero-order chi connectivity index (χ0) is 14.3. The van der Waals surface area contributed by atoms with Gasteiger partial charge < -0.3 is 10.1 Å². The number of halogens is 1. The monoisotopic (exact) mass is 284 g/mol. The number of pyridine rings is 1. The van der Waals surface area contributed by atoms with Crippen LogP contribution in [0.5, 0.6) is 0 Å². The van der Waals surface area contributed by atoms with E-state index in [-0.39, 0.29) is 11.8 Å². The molecule has 1 atom stereocenters. The van der Waals surface area contributed by atoms with Crippen molar-refractivity contribution in [3.63, 3.8) is 0 Å². The van der Waals surface area contributed by atoms with Crippen molar-refractivity contribution in [2.75, 3.05) is 20.3 Å². The summed E-state index contributed by atoms with van der Waals surface area (Å²) in [5.41, 5.74) is 1.41. The molecule has 0 saturated heterocycles. The zero-order valence-corrected chi connectivity index (χ0v) is 12.5. The summed E-state index contributed by atoms with van der Waals surface area (Å²) in [7, 11) is 1.65. The highest BCUT2D eigenvalue weighted by molar-refractivity contribution is 6.29. The lowest BCUT2D eigenvalue weighted by Crippen LogP contribution is -2.30. The van der Waals surface area contributed by atoms with Crippen LogP contribution < -0.4 is 5.32 Å². The van der Waals surface area contributed by atoms with Crippen LogP contribution in [0.4, 0.5) is 0 Å². The zero-order valence-electron chi connectivity index (χ0n) is 11.7. The number of hydrogen-bond acceptors (Lipinski definition) is 3. The Morgan fingerprint density at radius 2 is 2.26 bits per heavy atom. The molecule has 0 aliphatic carbocycles. The van der Waals surface area contributed by atoms with Gasteiger partial charge in [-0.3, -0.25) is 4.79 Å². The molecule has 0 radical (unpaired) electrons. The second-order valence-corrected chi connectivity index (χ2v) is 5.08. The van der Waals surface area contributed by atoms with Crippen molar-refractivity contribution in [1.82, 2.24) is 10.3 Å². The maximum Gasteiger partial charge on any atom is 0.251 e. The summed E-state index contributed by atoms with van der Waals surface area (Å²) in [6, 6.07) is 3.39. The van der Waals surface area contributed by atoms with Gasteiger partial charge in [-0.1, -0.05) is 31.9 Å². The third-order valence-electron chi connectivity index (χ3n) is 2.68. The number of carbonyl (C=O) groups is 1. The van der Waals surface area contributed by atoms with Gasteiger partial charge in [-0.05, 0) is 24.5 Å². The van der Waals surface area contributed by atoms with Crippen LogP contribution in [-0.2, 0) is 11.2 Å². The van der Waals surface area contributed by atoms with Crippen LogP contribution in [0, 0.1) is 5.92 Å². The largest absolute Gasteiger partial charge is 0.384 e. The van der Waals surface area contributed by atoms with E-state index in [4.69, 9.17) is 16.3 Å². The highest BCUT2D eigenvalue weighted by atomic mass is 35.5. The van der Waals surface area contributed by atoms with E-state index in [1.807, 2.05) is 6.92 Å². The number of aryl methyl sites for hydroxylation is 1. The van der Waals surface area contributed by atoms with Gasteiger partial charge in [0.05, 0.1) is 6.61 Å². The Balaban J connectivity index is 2.65. The topological polar surface area (TPSA) is 51.2 Å². The summed E-state index contributed by atoms with van der Waals surface area (Å²) in [4.78, 5) is 16.2. The molecule has 4 nitrogen and oxygen atoms in total. The number of methoxy groups -OCH3 is 1. The first-order valence-corrected chi connectivity index (χ1v) is 6.88. The molecule has 0 spiro atoms. The SMILES string of the molecule is CCCc1cc(C(=O)NCC(C)COC)cc(Cl)n1. The Bertz CT molecular complexity index is 424. The van der Waals surface area contributed by atoms with Gasteiger partial charge in [0, 0.05) is 24.9 Å². The van der Waals surface area contributed by atoms with Gasteiger partial charge in [0.2, 0.25) is 0 Å². The molecule has 106 valence electrons. The summed E-state index contributed by atoms with van der Waals surface area (Å²) < 4.78 is 5.03. The van der Waals surface area contributed by atoms with Gasteiger partial charge in [-0.15, -0.1) is 0 Å². The number of nitrogens with zero attached hydrogens (tertiary/aromatic N) is 1. The average Bonchev–Trinajstić information content (AvgIpc) is 2.36. The van der Waals surface area contributed by atoms with Crippen molar-refractivity contribution in [3.05, 3.63) is 28.5 Å². The van der Waals surface area contributed by atoms with E-state index >= 15 is 0 Å². The van der Waals surface area contributed by atoms with Gasteiger partial charge in [-0.25, -0.2) is 4.98 Å². The number of ether oxygens (including phenoxy) is 1. The Morgan fingerprint density at radius 3 is 2.89 bits per heavy atom. The van der Waals surface area contributed by atoms with Crippen molar-refractivity contribution in [3.8, 4) is 0 Å². The van der Waals surface area contributed by atoms with Gasteiger partial charge in [-0.2, -0.15) is 0 Å². The van der Waals surface area contributed by atoms with Crippen LogP contribution in [0.1, 0.15) is 36.3 Å². The molecular weight excluding hydrogens is 264 g/mol. The van der Waals surface area contributed by atoms with Crippen LogP contribution >= 0.6 is 11.6 Å². The van der Waals surface area contributed by atoms with Crippen LogP contribution in [0.3, 0.4) is 0 Å². The molecule has 0 aromatic carbocycles. The molecule has 1 heterocycles. The molecular formula is C14H21ClN2O2. The first kappa shape index (κ1) is 15.9. The summed E-state index contributed by atoms with van der Waals surface area (Å²) >= 11 is 5.93. The number of hydrogen-bond donors (Lipinski definition) is 1. The molecule has 1 amide bonds. The molecule has 1 unspecified atom stereocenters. The highest BCUT2D eigenvalue weighted by Gasteiger charge is 2.10. The van der Waals surface area contributed by atoms with E-state index < -0.39 is 0 Å². The normalized spacial score (nSPS) is 12.2. The predicted molar refractivity (Wildman–Crippen MR) is 76.6 cm³/mol. The second kappa shape index (κ2) is 8.12. The van der Waals surface area contributed by atoms with E-state index in [0.29, 0.717) is 23.9 Å². The van der Waals surface area contributed by atoms with Crippen LogP contribution in [0.2, 0.25) is 5.15 Å². The van der Waals surface area contributed by atoms with E-state index in [9.17, 15) is 4.79 Å². The van der Waals surface area contributed by atoms with E-state index in [1.165, 1.54) is 0 Å². The highest BCUT2D eigenvalue weighted by Crippen LogP contribution is 2.12. The molecule has 1 N–H and O–H groups in total. The molecule has 1 rings (SSSR count). The molecule has 1 aromatic rings. The summed E-state index contributed by atoms with van der Waals surface area (Å²) in [5, 5.41) is 3.24. The first-order valence-electron chi connectivity index (χ1n) is 6.50. The van der Waals surface area contributed by atoms with Gasteiger partial charge in [0.1, 0.15) is 5.15 Å². The Kier molecular flexibility index (Phi) is 6.81. The summed E-state index contributed by atoms with van der Waals surface area (Å²) in [6.45, 7) is 5.29. The fourth-order valence-electron chi connectivity index (χ4n) is 1.78. The summed E-state index contributed by atoms with van der Waals surface area (Å²) in [6.07, 6.45) is 1.79. The van der Waals surface area contributed by atoms with Crippen molar-refractivity contribution >= 4 is 17.5 Å². The Labute approximate surface area is 119 Å². The average molecular weight is 285 g/mol. The molecule has 0 aliphatic rings. The van der Waals surface area contributed by atoms with Gasteiger partial charge >= 0.3 is 0 Å². The minimum atomic E-state index is -0.121. The van der Waals surface area contributed by atoms with Crippen molar-refractivity contribution in [1.29, 1.82) is 0 Å². The maximum absolute atomic E-state index is 12.0. The molecule has 5 heteroatoms. The third-order valence-corrected chi connectivity index (χ3v) is 2.87. The molecule has 0 aliphatic heterocycles. The fourth-order valence-corrected chi connectivity index (χ4v) is 2.01. The van der Waals surface area contributed by atoms with E-state index in [1.54, 1.807) is 19.2 Å². The number of amides is 1. The fraction of sp³-hybridized carbons (Fsp3) is 0.571. The second-order valence-electron chi connectivity index (χ2n) is 4.69. The van der Waals surface area contributed by atoms with Gasteiger partial charge in [0.25, 0.3) is 5.91 Å². The number of rotatable bonds is 7. The lowest BCUT2D eigenvalue weighted by Gasteiger charge is -2.12. The van der Waals surface area contributed by atoms with E-state index in [0.717, 1.165) is 18.5 Å². The van der Waals surface area contributed by atoms with Crippen LogP contribution in [0.25, 0.3) is 0 Å². The van der Waals surface area contributed by atoms with E-state index in [2.05, 4.69) is 17.2 Å². The van der Waals surface area contributed by atoms with Crippen molar-refractivity contribution in [2.24, 2.45) is 5.92 Å². The van der Waals surface area contributed by atoms with Crippen LogP contribution in [-0.4, -0.2) is 31.2 Å². The van der Waals surface area contributed by atoms with Crippen molar-refractivity contribution < 1.29 is 9.53 Å². The number of aromatic nitrogens is 1. The summed E-state index contributed by atoms with van der Waals surface area (Å²) in [5.74, 6) is 0.158.